The lowest BCUT2D eigenvalue weighted by Crippen LogP contribution is -2.51. The summed E-state index contributed by atoms with van der Waals surface area (Å²) < 4.78 is 46.2. The number of alkyl halides is 3. The number of hydrogen-bond donors (Lipinski definition) is 1. The molecule has 2 saturated heterocycles. The molecule has 1 unspecified atom stereocenters. The number of ether oxygens (including phenoxy) is 1. The maximum absolute atomic E-state index is 14.1. The van der Waals surface area contributed by atoms with Crippen molar-refractivity contribution in [3.63, 3.8) is 0 Å². The normalized spacial score (nSPS) is 20.3. The molecule has 0 spiro atoms. The van der Waals surface area contributed by atoms with Crippen LogP contribution >= 0.6 is 0 Å². The van der Waals surface area contributed by atoms with Crippen LogP contribution in [0.4, 0.5) is 19.0 Å². The van der Waals surface area contributed by atoms with Gasteiger partial charge < -0.3 is 15.0 Å². The fourth-order valence-electron chi connectivity index (χ4n) is 5.62. The molecule has 0 radical (unpaired) electrons. The highest BCUT2D eigenvalue weighted by Gasteiger charge is 2.34. The summed E-state index contributed by atoms with van der Waals surface area (Å²) in [5.41, 5.74) is 2.56. The van der Waals surface area contributed by atoms with Gasteiger partial charge in [0.2, 0.25) is 0 Å². The molecule has 220 valence electrons. The van der Waals surface area contributed by atoms with Crippen LogP contribution < -0.4 is 5.32 Å². The molecule has 5 rings (SSSR count). The van der Waals surface area contributed by atoms with Crippen molar-refractivity contribution in [1.29, 1.82) is 0 Å². The maximum atomic E-state index is 14.1. The van der Waals surface area contributed by atoms with Crippen LogP contribution in [-0.2, 0) is 17.5 Å². The summed E-state index contributed by atoms with van der Waals surface area (Å²) in [4.78, 5) is 22.3. The van der Waals surface area contributed by atoms with Gasteiger partial charge in [0, 0.05) is 56.2 Å². The van der Waals surface area contributed by atoms with Gasteiger partial charge >= 0.3 is 6.18 Å². The molecular weight excluding hydrogens is 533 g/mol. The van der Waals surface area contributed by atoms with Crippen LogP contribution in [0.15, 0.2) is 48.9 Å². The Morgan fingerprint density at radius 1 is 1.10 bits per heavy atom. The Morgan fingerprint density at radius 2 is 1.90 bits per heavy atom. The van der Waals surface area contributed by atoms with Crippen molar-refractivity contribution in [2.45, 2.75) is 45.5 Å². The van der Waals surface area contributed by atoms with Crippen molar-refractivity contribution in [1.82, 2.24) is 24.6 Å². The lowest BCUT2D eigenvalue weighted by molar-refractivity contribution is -0.137. The van der Waals surface area contributed by atoms with E-state index in [2.05, 4.69) is 27.2 Å². The van der Waals surface area contributed by atoms with E-state index in [9.17, 15) is 18.0 Å². The molecule has 3 aromatic rings. The Labute approximate surface area is 238 Å². The monoisotopic (exact) mass is 570 g/mol. The number of aromatic nitrogens is 3. The van der Waals surface area contributed by atoms with Gasteiger partial charge in [-0.25, -0.2) is 4.98 Å². The van der Waals surface area contributed by atoms with Gasteiger partial charge in [-0.05, 0) is 49.4 Å². The molecule has 1 amide bonds. The summed E-state index contributed by atoms with van der Waals surface area (Å²) in [7, 11) is 0. The molecule has 11 heteroatoms. The molecule has 0 saturated carbocycles. The summed E-state index contributed by atoms with van der Waals surface area (Å²) in [5, 5.41) is 7.73. The van der Waals surface area contributed by atoms with Gasteiger partial charge in [0.15, 0.2) is 0 Å². The maximum Gasteiger partial charge on any atom is 0.417 e. The average Bonchev–Trinajstić information content (AvgIpc) is 3.44. The molecule has 2 aliphatic heterocycles. The Kier molecular flexibility index (Phi) is 8.94. The topological polar surface area (TPSA) is 75.5 Å². The minimum absolute atomic E-state index is 0.0523. The fourth-order valence-corrected chi connectivity index (χ4v) is 5.62. The number of nitrogens with zero attached hydrogens (tertiary/aromatic N) is 5. The van der Waals surface area contributed by atoms with Gasteiger partial charge in [0.05, 0.1) is 37.6 Å². The SMILES string of the molecule is Cc1ccc(-c2cnn(CCN3CCOCC3)c2)c(C(=O)N2CCC[C@@H](C)C2CNc2ccc(C(F)(F)F)cn2)c1. The quantitative estimate of drug-likeness (QED) is 0.413. The largest absolute Gasteiger partial charge is 0.417 e. The van der Waals surface area contributed by atoms with E-state index >= 15 is 0 Å². The number of benzene rings is 1. The predicted molar refractivity (Wildman–Crippen MR) is 151 cm³/mol. The summed E-state index contributed by atoms with van der Waals surface area (Å²) >= 11 is 0. The first-order chi connectivity index (χ1) is 19.7. The third kappa shape index (κ3) is 7.08. The number of aryl methyl sites for hydroxylation is 1. The smallest absolute Gasteiger partial charge is 0.379 e. The Balaban J connectivity index is 1.31. The van der Waals surface area contributed by atoms with Gasteiger partial charge in [-0.3, -0.25) is 14.4 Å². The highest BCUT2D eigenvalue weighted by molar-refractivity contribution is 6.01. The molecule has 8 nitrogen and oxygen atoms in total. The van der Waals surface area contributed by atoms with Crippen LogP contribution in [0.5, 0.6) is 0 Å². The van der Waals surface area contributed by atoms with Crippen LogP contribution in [-0.4, -0.2) is 82.5 Å². The third-order valence-corrected chi connectivity index (χ3v) is 8.06. The number of likely N-dealkylation sites (tertiary alicyclic amines) is 1. The zero-order chi connectivity index (χ0) is 29.0. The average molecular weight is 571 g/mol. The fraction of sp³-hybridized carbons (Fsp3) is 0.500. The second kappa shape index (κ2) is 12.6. The first-order valence-corrected chi connectivity index (χ1v) is 14.2. The lowest BCUT2D eigenvalue weighted by atomic mass is 9.89. The number of halogens is 3. The number of piperidine rings is 1. The minimum atomic E-state index is -4.43. The number of nitrogens with one attached hydrogen (secondary N) is 1. The van der Waals surface area contributed by atoms with Crippen LogP contribution in [0.25, 0.3) is 11.1 Å². The van der Waals surface area contributed by atoms with E-state index in [1.807, 2.05) is 47.1 Å². The predicted octanol–water partition coefficient (Wildman–Crippen LogP) is 4.96. The molecule has 2 atom stereocenters. The number of rotatable bonds is 8. The van der Waals surface area contributed by atoms with E-state index < -0.39 is 11.7 Å². The first-order valence-electron chi connectivity index (χ1n) is 14.2. The summed E-state index contributed by atoms with van der Waals surface area (Å²) in [6.45, 7) is 10.1. The molecule has 1 N–H and O–H groups in total. The van der Waals surface area contributed by atoms with E-state index in [0.29, 0.717) is 24.5 Å². The van der Waals surface area contributed by atoms with Crippen LogP contribution in [0.3, 0.4) is 0 Å². The first kappa shape index (κ1) is 29.1. The van der Waals surface area contributed by atoms with Crippen LogP contribution in [0.1, 0.15) is 41.3 Å². The number of pyridine rings is 1. The molecule has 2 aromatic heterocycles. The van der Waals surface area contributed by atoms with Gasteiger partial charge in [0.1, 0.15) is 5.82 Å². The van der Waals surface area contributed by atoms with Crippen molar-refractivity contribution in [3.05, 3.63) is 65.6 Å². The van der Waals surface area contributed by atoms with E-state index in [-0.39, 0.29) is 17.9 Å². The van der Waals surface area contributed by atoms with Crippen molar-refractivity contribution >= 4 is 11.7 Å². The van der Waals surface area contributed by atoms with E-state index in [1.54, 1.807) is 0 Å². The molecule has 41 heavy (non-hydrogen) atoms. The van der Waals surface area contributed by atoms with Gasteiger partial charge in [0.25, 0.3) is 5.91 Å². The molecule has 0 bridgehead atoms. The van der Waals surface area contributed by atoms with Crippen molar-refractivity contribution in [2.24, 2.45) is 5.92 Å². The molecule has 0 aliphatic carbocycles. The molecule has 2 aliphatic rings. The van der Waals surface area contributed by atoms with Crippen molar-refractivity contribution in [3.8, 4) is 11.1 Å². The standard InChI is InChI=1S/C30H37F3N6O2/c1-21-5-7-25(23-17-36-38(20-23)11-10-37-12-14-41-15-13-37)26(16-21)29(40)39-9-3-4-22(2)27(39)19-35-28-8-6-24(18-34-28)30(31,32)33/h5-8,16-18,20,22,27H,3-4,9-15,19H2,1-2H3,(H,34,35)/t22-,27?/m1/s1. The lowest BCUT2D eigenvalue weighted by Gasteiger charge is -2.40. The number of carbonyl (C=O) groups is 1. The van der Waals surface area contributed by atoms with Crippen molar-refractivity contribution < 1.29 is 22.7 Å². The van der Waals surface area contributed by atoms with Gasteiger partial charge in [-0.2, -0.15) is 18.3 Å². The molecule has 2 fully saturated rings. The molecule has 1 aromatic carbocycles. The minimum Gasteiger partial charge on any atom is -0.379 e. The Bertz CT molecular complexity index is 1320. The second-order valence-corrected chi connectivity index (χ2v) is 11.0. The number of carbonyl (C=O) groups excluding carboxylic acids is 1. The van der Waals surface area contributed by atoms with E-state index in [0.717, 1.165) is 81.2 Å². The summed E-state index contributed by atoms with van der Waals surface area (Å²) in [5.74, 6) is 0.512. The second-order valence-electron chi connectivity index (χ2n) is 11.0. The van der Waals surface area contributed by atoms with Gasteiger partial charge in [-0.15, -0.1) is 0 Å². The third-order valence-electron chi connectivity index (χ3n) is 8.06. The Morgan fingerprint density at radius 3 is 2.63 bits per heavy atom. The summed E-state index contributed by atoms with van der Waals surface area (Å²) in [6, 6.07) is 8.14. The Hall–Kier alpha value is -3.44. The molecule has 4 heterocycles. The summed E-state index contributed by atoms with van der Waals surface area (Å²) in [6.07, 6.45) is 2.06. The highest BCUT2D eigenvalue weighted by atomic mass is 19.4. The highest BCUT2D eigenvalue weighted by Crippen LogP contribution is 2.31. The number of amides is 1. The van der Waals surface area contributed by atoms with Crippen molar-refractivity contribution in [2.75, 3.05) is 51.3 Å². The van der Waals surface area contributed by atoms with E-state index in [4.69, 9.17) is 4.74 Å². The van der Waals surface area contributed by atoms with Gasteiger partial charge in [-0.1, -0.05) is 24.6 Å². The van der Waals surface area contributed by atoms with Crippen LogP contribution in [0, 0.1) is 12.8 Å². The number of anilines is 1. The van der Waals surface area contributed by atoms with E-state index in [1.165, 1.54) is 6.07 Å². The number of morpholine rings is 1. The van der Waals surface area contributed by atoms with Crippen LogP contribution in [0.2, 0.25) is 0 Å². The molecular formula is C30H37F3N6O2. The number of hydrogen-bond acceptors (Lipinski definition) is 6. The zero-order valence-corrected chi connectivity index (χ0v) is 23.5. The zero-order valence-electron chi connectivity index (χ0n) is 23.5.